The highest BCUT2D eigenvalue weighted by Gasteiger charge is 2.18. The summed E-state index contributed by atoms with van der Waals surface area (Å²) in [5, 5.41) is 0. The van der Waals surface area contributed by atoms with Gasteiger partial charge in [-0.05, 0) is 12.0 Å². The van der Waals surface area contributed by atoms with E-state index in [1.165, 1.54) is 0 Å². The minimum Gasteiger partial charge on any atom is -0.329 e. The number of hydrogen-bond acceptors (Lipinski definition) is 2. The van der Waals surface area contributed by atoms with Gasteiger partial charge in [-0.15, -0.1) is 0 Å². The van der Waals surface area contributed by atoms with E-state index in [4.69, 9.17) is 5.73 Å². The highest BCUT2D eigenvalue weighted by Crippen LogP contribution is 2.19. The van der Waals surface area contributed by atoms with Crippen molar-refractivity contribution in [1.82, 2.24) is 0 Å². The Labute approximate surface area is 97.2 Å². The molecule has 0 aliphatic heterocycles. The summed E-state index contributed by atoms with van der Waals surface area (Å²) < 4.78 is 0. The number of carbonyl (C=O) groups excluding carboxylic acids is 1. The smallest absolute Gasteiger partial charge is 0.145 e. The summed E-state index contributed by atoms with van der Waals surface area (Å²) in [7, 11) is 0. The van der Waals surface area contributed by atoms with Crippen molar-refractivity contribution in [3.05, 3.63) is 48.0 Å². The molecule has 0 spiro atoms. The van der Waals surface area contributed by atoms with E-state index in [1.807, 2.05) is 37.3 Å². The molecule has 0 bridgehead atoms. The average Bonchev–Trinajstić information content (AvgIpc) is 2.31. The van der Waals surface area contributed by atoms with E-state index in [-0.39, 0.29) is 11.7 Å². The molecule has 0 aliphatic carbocycles. The maximum absolute atomic E-state index is 12.0. The first-order chi connectivity index (χ1) is 7.69. The second kappa shape index (κ2) is 6.23. The Hall–Kier alpha value is -1.41. The predicted octanol–water partition coefficient (Wildman–Crippen LogP) is 2.65. The van der Waals surface area contributed by atoms with Crippen LogP contribution in [0, 0.1) is 0 Å². The summed E-state index contributed by atoms with van der Waals surface area (Å²) in [6.45, 7) is 6.23. The van der Waals surface area contributed by atoms with Crippen molar-refractivity contribution in [2.75, 3.05) is 6.54 Å². The van der Waals surface area contributed by atoms with Crippen LogP contribution in [0.5, 0.6) is 0 Å². The predicted molar refractivity (Wildman–Crippen MR) is 67.3 cm³/mol. The standard InChI is InChI=1S/C14H19NO/c1-3-11(2)9-14(16)13(10-15)12-7-5-4-6-8-12/h4-8,13H,2-3,9-10,15H2,1H3. The summed E-state index contributed by atoms with van der Waals surface area (Å²) in [5.74, 6) is -0.0231. The summed E-state index contributed by atoms with van der Waals surface area (Å²) >= 11 is 0. The van der Waals surface area contributed by atoms with Crippen LogP contribution in [0.3, 0.4) is 0 Å². The number of rotatable bonds is 6. The Bertz CT molecular complexity index is 356. The third-order valence-corrected chi connectivity index (χ3v) is 2.75. The number of allylic oxidation sites excluding steroid dienone is 1. The number of ketones is 1. The monoisotopic (exact) mass is 217 g/mol. The number of nitrogens with two attached hydrogens (primary N) is 1. The lowest BCUT2D eigenvalue weighted by Crippen LogP contribution is -2.21. The second-order valence-electron chi connectivity index (χ2n) is 3.95. The van der Waals surface area contributed by atoms with Crippen LogP contribution in [0.1, 0.15) is 31.2 Å². The van der Waals surface area contributed by atoms with Crippen molar-refractivity contribution in [2.24, 2.45) is 5.73 Å². The molecule has 1 aromatic rings. The summed E-state index contributed by atoms with van der Waals surface area (Å²) in [4.78, 5) is 12.0. The van der Waals surface area contributed by atoms with Gasteiger partial charge >= 0.3 is 0 Å². The van der Waals surface area contributed by atoms with Crippen LogP contribution in [0.2, 0.25) is 0 Å². The van der Waals surface area contributed by atoms with Crippen LogP contribution in [0.4, 0.5) is 0 Å². The van der Waals surface area contributed by atoms with Crippen LogP contribution in [-0.2, 0) is 4.79 Å². The first-order valence-corrected chi connectivity index (χ1v) is 5.63. The zero-order chi connectivity index (χ0) is 12.0. The average molecular weight is 217 g/mol. The number of carbonyl (C=O) groups is 1. The molecule has 0 radical (unpaired) electrons. The molecule has 1 rings (SSSR count). The van der Waals surface area contributed by atoms with Gasteiger partial charge in [-0.3, -0.25) is 4.79 Å². The lowest BCUT2D eigenvalue weighted by Gasteiger charge is -2.14. The van der Waals surface area contributed by atoms with E-state index in [2.05, 4.69) is 6.58 Å². The molecule has 1 unspecified atom stereocenters. The first kappa shape index (κ1) is 12.7. The Kier molecular flexibility index (Phi) is 4.93. The number of Topliss-reactive ketones (excluding diaryl/α,β-unsaturated/α-hetero) is 1. The van der Waals surface area contributed by atoms with Gasteiger partial charge in [0.05, 0.1) is 5.92 Å². The van der Waals surface area contributed by atoms with Crippen molar-refractivity contribution in [1.29, 1.82) is 0 Å². The third-order valence-electron chi connectivity index (χ3n) is 2.75. The SMILES string of the molecule is C=C(CC)CC(=O)C(CN)c1ccccc1. The fourth-order valence-corrected chi connectivity index (χ4v) is 1.63. The summed E-state index contributed by atoms with van der Waals surface area (Å²) in [6.07, 6.45) is 1.28. The molecule has 0 aromatic heterocycles. The van der Waals surface area contributed by atoms with Crippen molar-refractivity contribution in [3.8, 4) is 0 Å². The quantitative estimate of drug-likeness (QED) is 0.744. The zero-order valence-electron chi connectivity index (χ0n) is 9.78. The third kappa shape index (κ3) is 3.31. The minimum atomic E-state index is -0.190. The Balaban J connectivity index is 2.75. The molecule has 0 amide bonds. The Morgan fingerprint density at radius 3 is 2.50 bits per heavy atom. The van der Waals surface area contributed by atoms with Gasteiger partial charge in [0, 0.05) is 13.0 Å². The highest BCUT2D eigenvalue weighted by molar-refractivity contribution is 5.87. The van der Waals surface area contributed by atoms with Crippen LogP contribution < -0.4 is 5.73 Å². The fourth-order valence-electron chi connectivity index (χ4n) is 1.63. The van der Waals surface area contributed by atoms with Gasteiger partial charge in [0.1, 0.15) is 5.78 Å². The molecule has 0 heterocycles. The Morgan fingerprint density at radius 2 is 2.00 bits per heavy atom. The molecule has 0 aliphatic rings. The van der Waals surface area contributed by atoms with Crippen molar-refractivity contribution in [3.63, 3.8) is 0 Å². The fraction of sp³-hybridized carbons (Fsp3) is 0.357. The van der Waals surface area contributed by atoms with Gasteiger partial charge in [0.2, 0.25) is 0 Å². The van der Waals surface area contributed by atoms with Crippen molar-refractivity contribution >= 4 is 5.78 Å². The van der Waals surface area contributed by atoms with E-state index in [1.54, 1.807) is 0 Å². The molecule has 1 aromatic carbocycles. The lowest BCUT2D eigenvalue weighted by atomic mass is 9.91. The zero-order valence-corrected chi connectivity index (χ0v) is 9.78. The molecular weight excluding hydrogens is 198 g/mol. The van der Waals surface area contributed by atoms with Gasteiger partial charge in [0.15, 0.2) is 0 Å². The van der Waals surface area contributed by atoms with Gasteiger partial charge < -0.3 is 5.73 Å². The molecule has 2 N–H and O–H groups in total. The summed E-state index contributed by atoms with van der Waals surface area (Å²) in [6, 6.07) is 9.70. The Morgan fingerprint density at radius 1 is 1.38 bits per heavy atom. The van der Waals surface area contributed by atoms with Gasteiger partial charge in [-0.25, -0.2) is 0 Å². The lowest BCUT2D eigenvalue weighted by molar-refractivity contribution is -0.119. The van der Waals surface area contributed by atoms with E-state index < -0.39 is 0 Å². The number of hydrogen-bond donors (Lipinski definition) is 1. The molecule has 1 atom stereocenters. The van der Waals surface area contributed by atoms with E-state index in [0.717, 1.165) is 17.6 Å². The maximum atomic E-state index is 12.0. The van der Waals surface area contributed by atoms with Gasteiger partial charge in [0.25, 0.3) is 0 Å². The molecule has 0 fully saturated rings. The topological polar surface area (TPSA) is 43.1 Å². The summed E-state index contributed by atoms with van der Waals surface area (Å²) in [5.41, 5.74) is 7.64. The van der Waals surface area contributed by atoms with Crippen molar-refractivity contribution in [2.45, 2.75) is 25.7 Å². The van der Waals surface area contributed by atoms with Crippen molar-refractivity contribution < 1.29 is 4.79 Å². The molecular formula is C14H19NO. The largest absolute Gasteiger partial charge is 0.329 e. The molecule has 2 nitrogen and oxygen atoms in total. The second-order valence-corrected chi connectivity index (χ2v) is 3.95. The molecule has 16 heavy (non-hydrogen) atoms. The van der Waals surface area contributed by atoms with Gasteiger partial charge in [-0.2, -0.15) is 0 Å². The van der Waals surface area contributed by atoms with Crippen LogP contribution in [0.25, 0.3) is 0 Å². The van der Waals surface area contributed by atoms with E-state index in [0.29, 0.717) is 13.0 Å². The van der Waals surface area contributed by atoms with E-state index >= 15 is 0 Å². The molecule has 0 saturated carbocycles. The van der Waals surface area contributed by atoms with E-state index in [9.17, 15) is 4.79 Å². The van der Waals surface area contributed by atoms with Gasteiger partial charge in [-0.1, -0.05) is 49.4 Å². The van der Waals surface area contributed by atoms with Crippen LogP contribution in [-0.4, -0.2) is 12.3 Å². The normalized spacial score (nSPS) is 12.1. The number of benzene rings is 1. The van der Waals surface area contributed by atoms with Crippen LogP contribution in [0.15, 0.2) is 42.5 Å². The molecule has 2 heteroatoms. The maximum Gasteiger partial charge on any atom is 0.145 e. The van der Waals surface area contributed by atoms with Crippen LogP contribution >= 0.6 is 0 Å². The first-order valence-electron chi connectivity index (χ1n) is 5.63. The molecule has 0 saturated heterocycles. The highest BCUT2D eigenvalue weighted by atomic mass is 16.1. The molecule has 86 valence electrons. The minimum absolute atomic E-state index is 0.167.